The smallest absolute Gasteiger partial charge is 0.263 e. The van der Waals surface area contributed by atoms with E-state index in [2.05, 4.69) is 10.3 Å². The molecule has 1 saturated carbocycles. The van der Waals surface area contributed by atoms with E-state index in [0.29, 0.717) is 6.04 Å². The van der Waals surface area contributed by atoms with Crippen LogP contribution in [0.4, 0.5) is 4.39 Å². The molecule has 4 rings (SSSR count). The summed E-state index contributed by atoms with van der Waals surface area (Å²) in [5.41, 5.74) is 2.54. The number of rotatable bonds is 3. The fraction of sp³-hybridized carbons (Fsp3) is 0.333. The first-order chi connectivity index (χ1) is 11.6. The van der Waals surface area contributed by atoms with E-state index < -0.39 is 0 Å². The van der Waals surface area contributed by atoms with E-state index in [1.54, 1.807) is 12.1 Å². The molecule has 2 aromatic heterocycles. The standard InChI is InChI=1S/C18H18FN3OS/c1-11-16(17(23)20-14-4-2-3-5-14)24-18-21-15(10-22(11)18)12-6-8-13(19)9-7-12/h6-10,14H,2-5H2,1H3,(H,20,23). The molecule has 1 N–H and O–H groups in total. The Kier molecular flexibility index (Phi) is 3.84. The molecule has 1 amide bonds. The Balaban J connectivity index is 1.62. The topological polar surface area (TPSA) is 46.4 Å². The van der Waals surface area contributed by atoms with Gasteiger partial charge in [0.15, 0.2) is 4.96 Å². The third kappa shape index (κ3) is 2.71. The predicted molar refractivity (Wildman–Crippen MR) is 92.9 cm³/mol. The Morgan fingerprint density at radius 1 is 1.29 bits per heavy atom. The maximum Gasteiger partial charge on any atom is 0.263 e. The zero-order valence-corrected chi connectivity index (χ0v) is 14.2. The number of nitrogens with zero attached hydrogens (tertiary/aromatic N) is 2. The van der Waals surface area contributed by atoms with Crippen LogP contribution in [0.3, 0.4) is 0 Å². The fourth-order valence-corrected chi connectivity index (χ4v) is 4.25. The number of fused-ring (bicyclic) bond motifs is 1. The van der Waals surface area contributed by atoms with Gasteiger partial charge in [0.25, 0.3) is 5.91 Å². The van der Waals surface area contributed by atoms with Crippen LogP contribution < -0.4 is 5.32 Å². The lowest BCUT2D eigenvalue weighted by atomic mass is 10.2. The molecule has 1 aromatic carbocycles. The fourth-order valence-electron chi connectivity index (χ4n) is 3.24. The lowest BCUT2D eigenvalue weighted by Crippen LogP contribution is -2.32. The van der Waals surface area contributed by atoms with Crippen LogP contribution in [0.5, 0.6) is 0 Å². The van der Waals surface area contributed by atoms with Crippen molar-refractivity contribution in [1.82, 2.24) is 14.7 Å². The summed E-state index contributed by atoms with van der Waals surface area (Å²) < 4.78 is 15.0. The molecule has 24 heavy (non-hydrogen) atoms. The van der Waals surface area contributed by atoms with E-state index in [1.165, 1.54) is 36.3 Å². The molecule has 124 valence electrons. The molecule has 1 aliphatic carbocycles. The van der Waals surface area contributed by atoms with Gasteiger partial charge in [-0.05, 0) is 44.0 Å². The lowest BCUT2D eigenvalue weighted by Gasteiger charge is -2.10. The second-order valence-electron chi connectivity index (χ2n) is 6.26. The largest absolute Gasteiger partial charge is 0.349 e. The van der Waals surface area contributed by atoms with Gasteiger partial charge in [-0.3, -0.25) is 9.20 Å². The number of halogens is 1. The lowest BCUT2D eigenvalue weighted by molar-refractivity contribution is 0.0941. The third-order valence-corrected chi connectivity index (χ3v) is 5.75. The second kappa shape index (κ2) is 6.02. The van der Waals surface area contributed by atoms with Crippen molar-refractivity contribution in [2.24, 2.45) is 0 Å². The van der Waals surface area contributed by atoms with Crippen LogP contribution in [0, 0.1) is 12.7 Å². The number of benzene rings is 1. The van der Waals surface area contributed by atoms with Crippen LogP contribution in [-0.2, 0) is 0 Å². The van der Waals surface area contributed by atoms with E-state index in [0.717, 1.165) is 39.6 Å². The molecule has 0 atom stereocenters. The van der Waals surface area contributed by atoms with Gasteiger partial charge < -0.3 is 5.32 Å². The summed E-state index contributed by atoms with van der Waals surface area (Å²) >= 11 is 1.40. The summed E-state index contributed by atoms with van der Waals surface area (Å²) in [6, 6.07) is 6.59. The molecule has 6 heteroatoms. The number of aromatic nitrogens is 2. The minimum Gasteiger partial charge on any atom is -0.349 e. The first kappa shape index (κ1) is 15.3. The highest BCUT2D eigenvalue weighted by atomic mass is 32.1. The Morgan fingerprint density at radius 2 is 2.00 bits per heavy atom. The summed E-state index contributed by atoms with van der Waals surface area (Å²) in [5, 5.41) is 3.13. The van der Waals surface area contributed by atoms with Crippen molar-refractivity contribution < 1.29 is 9.18 Å². The highest BCUT2D eigenvalue weighted by Gasteiger charge is 2.22. The van der Waals surface area contributed by atoms with Crippen LogP contribution in [0.2, 0.25) is 0 Å². The molecular formula is C18H18FN3OS. The molecule has 0 unspecified atom stereocenters. The summed E-state index contributed by atoms with van der Waals surface area (Å²) in [7, 11) is 0. The van der Waals surface area contributed by atoms with Crippen LogP contribution in [0.25, 0.3) is 16.2 Å². The summed E-state index contributed by atoms with van der Waals surface area (Å²) in [5.74, 6) is -0.264. The monoisotopic (exact) mass is 343 g/mol. The molecular weight excluding hydrogens is 325 g/mol. The zero-order valence-electron chi connectivity index (χ0n) is 13.4. The van der Waals surface area contributed by atoms with Crippen molar-refractivity contribution in [3.8, 4) is 11.3 Å². The minimum atomic E-state index is -0.262. The summed E-state index contributed by atoms with van der Waals surface area (Å²) in [4.78, 5) is 18.6. The Bertz CT molecular complexity index is 891. The number of aryl methyl sites for hydroxylation is 1. The average Bonchev–Trinajstić information content (AvgIpc) is 3.27. The van der Waals surface area contributed by atoms with Gasteiger partial charge in [-0.25, -0.2) is 9.37 Å². The molecule has 0 aliphatic heterocycles. The van der Waals surface area contributed by atoms with Crippen molar-refractivity contribution in [2.45, 2.75) is 38.6 Å². The molecule has 0 spiro atoms. The number of nitrogens with one attached hydrogen (secondary N) is 1. The maximum atomic E-state index is 13.1. The average molecular weight is 343 g/mol. The van der Waals surface area contributed by atoms with Crippen molar-refractivity contribution in [3.63, 3.8) is 0 Å². The van der Waals surface area contributed by atoms with Crippen LogP contribution in [0.15, 0.2) is 30.5 Å². The summed E-state index contributed by atoms with van der Waals surface area (Å²) in [6.07, 6.45) is 6.43. The molecule has 0 radical (unpaired) electrons. The Labute approximate surface area is 143 Å². The minimum absolute atomic E-state index is 0.00164. The van der Waals surface area contributed by atoms with Gasteiger partial charge in [0.05, 0.1) is 5.69 Å². The van der Waals surface area contributed by atoms with E-state index in [-0.39, 0.29) is 11.7 Å². The van der Waals surface area contributed by atoms with Crippen molar-refractivity contribution in [3.05, 3.63) is 46.9 Å². The van der Waals surface area contributed by atoms with E-state index in [1.807, 2.05) is 17.5 Å². The van der Waals surface area contributed by atoms with Gasteiger partial charge in [0.1, 0.15) is 10.7 Å². The normalized spacial score (nSPS) is 15.2. The zero-order chi connectivity index (χ0) is 16.7. The van der Waals surface area contributed by atoms with E-state index >= 15 is 0 Å². The molecule has 4 nitrogen and oxygen atoms in total. The number of thiazole rings is 1. The molecule has 1 aliphatic rings. The number of hydrogen-bond donors (Lipinski definition) is 1. The van der Waals surface area contributed by atoms with Crippen molar-refractivity contribution in [1.29, 1.82) is 0 Å². The van der Waals surface area contributed by atoms with Crippen molar-refractivity contribution >= 4 is 22.2 Å². The van der Waals surface area contributed by atoms with Crippen LogP contribution in [-0.4, -0.2) is 21.3 Å². The Hall–Kier alpha value is -2.21. The van der Waals surface area contributed by atoms with E-state index in [9.17, 15) is 9.18 Å². The second-order valence-corrected chi connectivity index (χ2v) is 7.23. The highest BCUT2D eigenvalue weighted by molar-refractivity contribution is 7.19. The highest BCUT2D eigenvalue weighted by Crippen LogP contribution is 2.28. The first-order valence-corrected chi connectivity index (χ1v) is 8.99. The quantitative estimate of drug-likeness (QED) is 0.775. The maximum absolute atomic E-state index is 13.1. The number of hydrogen-bond acceptors (Lipinski definition) is 3. The molecule has 3 aromatic rings. The molecule has 0 saturated heterocycles. The van der Waals surface area contributed by atoms with Crippen LogP contribution >= 0.6 is 11.3 Å². The third-order valence-electron chi connectivity index (χ3n) is 4.59. The number of amides is 1. The van der Waals surface area contributed by atoms with E-state index in [4.69, 9.17) is 0 Å². The molecule has 0 bridgehead atoms. The van der Waals surface area contributed by atoms with Gasteiger partial charge in [0, 0.05) is 23.5 Å². The van der Waals surface area contributed by atoms with Gasteiger partial charge in [-0.15, -0.1) is 0 Å². The number of carbonyl (C=O) groups excluding carboxylic acids is 1. The number of carbonyl (C=O) groups is 1. The van der Waals surface area contributed by atoms with Gasteiger partial charge in [0.2, 0.25) is 0 Å². The predicted octanol–water partition coefficient (Wildman–Crippen LogP) is 4.18. The summed E-state index contributed by atoms with van der Waals surface area (Å²) in [6.45, 7) is 1.93. The molecule has 2 heterocycles. The van der Waals surface area contributed by atoms with Crippen molar-refractivity contribution in [2.75, 3.05) is 0 Å². The SMILES string of the molecule is Cc1c(C(=O)NC2CCCC2)sc2nc(-c3ccc(F)cc3)cn12. The van der Waals surface area contributed by atoms with Gasteiger partial charge in [-0.2, -0.15) is 0 Å². The van der Waals surface area contributed by atoms with Crippen LogP contribution in [0.1, 0.15) is 41.0 Å². The Morgan fingerprint density at radius 3 is 2.67 bits per heavy atom. The van der Waals surface area contributed by atoms with Gasteiger partial charge in [-0.1, -0.05) is 24.2 Å². The molecule has 1 fully saturated rings. The van der Waals surface area contributed by atoms with Gasteiger partial charge >= 0.3 is 0 Å². The first-order valence-electron chi connectivity index (χ1n) is 8.17. The number of imidazole rings is 1.